The minimum absolute atomic E-state index is 0.241. The first-order valence-corrected chi connectivity index (χ1v) is 5.79. The molecule has 0 amide bonds. The van der Waals surface area contributed by atoms with Crippen LogP contribution in [0.3, 0.4) is 0 Å². The second-order valence-corrected chi connectivity index (χ2v) is 4.06. The summed E-state index contributed by atoms with van der Waals surface area (Å²) >= 11 is 5.81. The van der Waals surface area contributed by atoms with Gasteiger partial charge in [0, 0.05) is 18.3 Å². The SMILES string of the molecule is CCNCc1c(F)cccc1-n1cc(Cl)cn1. The summed E-state index contributed by atoms with van der Waals surface area (Å²) in [6.07, 6.45) is 3.19. The zero-order chi connectivity index (χ0) is 12.3. The maximum Gasteiger partial charge on any atom is 0.129 e. The van der Waals surface area contributed by atoms with E-state index in [1.807, 2.05) is 13.0 Å². The molecule has 0 bridgehead atoms. The predicted molar refractivity (Wildman–Crippen MR) is 65.9 cm³/mol. The highest BCUT2D eigenvalue weighted by Gasteiger charge is 2.10. The van der Waals surface area contributed by atoms with E-state index in [4.69, 9.17) is 11.6 Å². The number of hydrogen-bond acceptors (Lipinski definition) is 2. The molecule has 2 aromatic rings. The fourth-order valence-corrected chi connectivity index (χ4v) is 1.76. The molecule has 1 heterocycles. The van der Waals surface area contributed by atoms with Crippen molar-refractivity contribution in [2.75, 3.05) is 6.54 Å². The van der Waals surface area contributed by atoms with Crippen molar-refractivity contribution in [2.24, 2.45) is 0 Å². The van der Waals surface area contributed by atoms with Gasteiger partial charge in [-0.3, -0.25) is 0 Å². The molecule has 0 aliphatic carbocycles. The molecule has 90 valence electrons. The zero-order valence-corrected chi connectivity index (χ0v) is 10.2. The summed E-state index contributed by atoms with van der Waals surface area (Å²) in [5.74, 6) is -0.241. The van der Waals surface area contributed by atoms with Crippen LogP contribution in [0.5, 0.6) is 0 Å². The smallest absolute Gasteiger partial charge is 0.129 e. The van der Waals surface area contributed by atoms with Crippen LogP contribution in [0.2, 0.25) is 5.02 Å². The lowest BCUT2D eigenvalue weighted by Crippen LogP contribution is -2.15. The summed E-state index contributed by atoms with van der Waals surface area (Å²) in [6.45, 7) is 3.23. The van der Waals surface area contributed by atoms with Gasteiger partial charge in [-0.2, -0.15) is 5.10 Å². The highest BCUT2D eigenvalue weighted by Crippen LogP contribution is 2.19. The maximum absolute atomic E-state index is 13.8. The van der Waals surface area contributed by atoms with Crippen molar-refractivity contribution < 1.29 is 4.39 Å². The number of aromatic nitrogens is 2. The molecule has 3 nitrogen and oxygen atoms in total. The number of hydrogen-bond donors (Lipinski definition) is 1. The lowest BCUT2D eigenvalue weighted by atomic mass is 10.1. The molecule has 0 aliphatic rings. The van der Waals surface area contributed by atoms with Crippen LogP contribution < -0.4 is 5.32 Å². The Kier molecular flexibility index (Phi) is 3.76. The first kappa shape index (κ1) is 12.1. The van der Waals surface area contributed by atoms with Gasteiger partial charge in [0.05, 0.1) is 16.9 Å². The van der Waals surface area contributed by atoms with Crippen molar-refractivity contribution in [2.45, 2.75) is 13.5 Å². The summed E-state index contributed by atoms with van der Waals surface area (Å²) in [6, 6.07) is 4.93. The Morgan fingerprint density at radius 2 is 2.29 bits per heavy atom. The number of rotatable bonds is 4. The number of nitrogens with one attached hydrogen (secondary N) is 1. The molecule has 2 rings (SSSR count). The fraction of sp³-hybridized carbons (Fsp3) is 0.250. The molecule has 17 heavy (non-hydrogen) atoms. The van der Waals surface area contributed by atoms with Crippen LogP contribution in [0.15, 0.2) is 30.6 Å². The van der Waals surface area contributed by atoms with Gasteiger partial charge >= 0.3 is 0 Å². The molecular formula is C12H13ClFN3. The van der Waals surface area contributed by atoms with E-state index in [9.17, 15) is 4.39 Å². The van der Waals surface area contributed by atoms with Crippen LogP contribution in [-0.2, 0) is 6.54 Å². The molecule has 0 unspecified atom stereocenters. The molecular weight excluding hydrogens is 241 g/mol. The molecule has 1 aromatic carbocycles. The van der Waals surface area contributed by atoms with E-state index in [2.05, 4.69) is 10.4 Å². The number of halogens is 2. The van der Waals surface area contributed by atoms with E-state index in [1.54, 1.807) is 16.9 Å². The Hall–Kier alpha value is -1.39. The fourth-order valence-electron chi connectivity index (χ4n) is 1.62. The van der Waals surface area contributed by atoms with E-state index in [0.717, 1.165) is 6.54 Å². The van der Waals surface area contributed by atoms with Crippen LogP contribution >= 0.6 is 11.6 Å². The molecule has 0 aliphatic heterocycles. The summed E-state index contributed by atoms with van der Waals surface area (Å²) in [5, 5.41) is 7.73. The Morgan fingerprint density at radius 3 is 2.94 bits per heavy atom. The lowest BCUT2D eigenvalue weighted by molar-refractivity contribution is 0.589. The largest absolute Gasteiger partial charge is 0.313 e. The summed E-state index contributed by atoms with van der Waals surface area (Å²) in [5.41, 5.74) is 1.30. The van der Waals surface area contributed by atoms with Gasteiger partial charge in [0.25, 0.3) is 0 Å². The van der Waals surface area contributed by atoms with Crippen molar-refractivity contribution in [3.05, 3.63) is 47.0 Å². The van der Waals surface area contributed by atoms with E-state index in [1.165, 1.54) is 12.3 Å². The normalized spacial score (nSPS) is 10.8. The summed E-state index contributed by atoms with van der Waals surface area (Å²) in [4.78, 5) is 0. The van der Waals surface area contributed by atoms with Gasteiger partial charge in [-0.25, -0.2) is 9.07 Å². The van der Waals surface area contributed by atoms with E-state index in [-0.39, 0.29) is 5.82 Å². The highest BCUT2D eigenvalue weighted by molar-refractivity contribution is 6.30. The number of benzene rings is 1. The molecule has 1 aromatic heterocycles. The van der Waals surface area contributed by atoms with Crippen molar-refractivity contribution in [3.8, 4) is 5.69 Å². The molecule has 0 fully saturated rings. The molecule has 0 atom stereocenters. The zero-order valence-electron chi connectivity index (χ0n) is 9.45. The maximum atomic E-state index is 13.8. The van der Waals surface area contributed by atoms with Crippen LogP contribution in [-0.4, -0.2) is 16.3 Å². The monoisotopic (exact) mass is 253 g/mol. The van der Waals surface area contributed by atoms with E-state index >= 15 is 0 Å². The van der Waals surface area contributed by atoms with Crippen molar-refractivity contribution in [1.82, 2.24) is 15.1 Å². The molecule has 1 N–H and O–H groups in total. The summed E-state index contributed by atoms with van der Waals surface area (Å²) < 4.78 is 15.3. The molecule has 0 saturated heterocycles. The highest BCUT2D eigenvalue weighted by atomic mass is 35.5. The van der Waals surface area contributed by atoms with Crippen LogP contribution in [0, 0.1) is 5.82 Å². The first-order chi connectivity index (χ1) is 8.22. The minimum Gasteiger partial charge on any atom is -0.313 e. The van der Waals surface area contributed by atoms with Crippen molar-refractivity contribution in [3.63, 3.8) is 0 Å². The Bertz CT molecular complexity index is 510. The quantitative estimate of drug-likeness (QED) is 0.908. The van der Waals surface area contributed by atoms with Gasteiger partial charge in [0.1, 0.15) is 5.82 Å². The van der Waals surface area contributed by atoms with Crippen molar-refractivity contribution in [1.29, 1.82) is 0 Å². The lowest BCUT2D eigenvalue weighted by Gasteiger charge is -2.10. The van der Waals surface area contributed by atoms with Gasteiger partial charge in [-0.15, -0.1) is 0 Å². The average Bonchev–Trinajstić information content (AvgIpc) is 2.74. The van der Waals surface area contributed by atoms with Crippen molar-refractivity contribution >= 4 is 11.6 Å². The molecule has 0 saturated carbocycles. The second-order valence-electron chi connectivity index (χ2n) is 3.62. The van der Waals surface area contributed by atoms with E-state index < -0.39 is 0 Å². The first-order valence-electron chi connectivity index (χ1n) is 5.41. The minimum atomic E-state index is -0.241. The third-order valence-corrected chi connectivity index (χ3v) is 2.64. The summed E-state index contributed by atoms with van der Waals surface area (Å²) in [7, 11) is 0. The van der Waals surface area contributed by atoms with Crippen LogP contribution in [0.1, 0.15) is 12.5 Å². The Balaban J connectivity index is 2.42. The topological polar surface area (TPSA) is 29.9 Å². The van der Waals surface area contributed by atoms with Crippen LogP contribution in [0.4, 0.5) is 4.39 Å². The number of nitrogens with zero attached hydrogens (tertiary/aromatic N) is 2. The van der Waals surface area contributed by atoms with Gasteiger partial charge in [-0.1, -0.05) is 24.6 Å². The molecule has 0 spiro atoms. The van der Waals surface area contributed by atoms with Gasteiger partial charge < -0.3 is 5.32 Å². The van der Waals surface area contributed by atoms with Gasteiger partial charge in [0.15, 0.2) is 0 Å². The van der Waals surface area contributed by atoms with E-state index in [0.29, 0.717) is 22.8 Å². The third-order valence-electron chi connectivity index (χ3n) is 2.44. The standard InChI is InChI=1S/C12H13ClFN3/c1-2-15-7-10-11(14)4-3-5-12(10)17-8-9(13)6-16-17/h3-6,8,15H,2,7H2,1H3. The van der Waals surface area contributed by atoms with Gasteiger partial charge in [-0.05, 0) is 18.7 Å². The predicted octanol–water partition coefficient (Wildman–Crippen LogP) is 2.77. The Morgan fingerprint density at radius 1 is 1.47 bits per heavy atom. The van der Waals surface area contributed by atoms with Crippen LogP contribution in [0.25, 0.3) is 5.69 Å². The molecule has 0 radical (unpaired) electrons. The Labute approximate surface area is 104 Å². The van der Waals surface area contributed by atoms with Gasteiger partial charge in [0.2, 0.25) is 0 Å². The second kappa shape index (κ2) is 5.29. The average molecular weight is 254 g/mol. The third kappa shape index (κ3) is 2.65. The molecule has 5 heteroatoms.